The molecule has 1 atom stereocenters. The summed E-state index contributed by atoms with van der Waals surface area (Å²) in [4.78, 5) is 10.7. The fraction of sp³-hybridized carbons (Fsp3) is 0.364. The van der Waals surface area contributed by atoms with E-state index in [-0.39, 0.29) is 16.4 Å². The molecule has 1 rings (SSSR count). The zero-order chi connectivity index (χ0) is 10.7. The van der Waals surface area contributed by atoms with E-state index in [4.69, 9.17) is 0 Å². The normalized spacial score (nSPS) is 12.6. The first kappa shape index (κ1) is 11.4. The zero-order valence-electron chi connectivity index (χ0n) is 8.18. The predicted octanol–water partition coefficient (Wildman–Crippen LogP) is 3.03. The van der Waals surface area contributed by atoms with E-state index in [1.54, 1.807) is 6.07 Å². The molecule has 0 heterocycles. The summed E-state index contributed by atoms with van der Waals surface area (Å²) in [7, 11) is 0. The number of hydrogen-bond donors (Lipinski definition) is 0. The molecule has 0 aliphatic carbocycles. The standard InChI is InChI=1S/C11H12BrFO/c1-7-4-3-5-11(13)9(7)6-10(12)8(2)14/h3-5,10H,6H2,1-2H3. The van der Waals surface area contributed by atoms with Gasteiger partial charge >= 0.3 is 0 Å². The van der Waals surface area contributed by atoms with Crippen molar-refractivity contribution < 1.29 is 9.18 Å². The van der Waals surface area contributed by atoms with Gasteiger partial charge in [0.2, 0.25) is 0 Å². The lowest BCUT2D eigenvalue weighted by atomic mass is 10.0. The van der Waals surface area contributed by atoms with Crippen LogP contribution in [0.15, 0.2) is 18.2 Å². The van der Waals surface area contributed by atoms with Gasteiger partial charge in [0.15, 0.2) is 0 Å². The molecule has 0 spiro atoms. The lowest BCUT2D eigenvalue weighted by Gasteiger charge is -2.09. The Kier molecular flexibility index (Phi) is 3.81. The average molecular weight is 259 g/mol. The Hall–Kier alpha value is -0.700. The first-order valence-electron chi connectivity index (χ1n) is 4.41. The number of rotatable bonds is 3. The molecule has 0 aliphatic heterocycles. The van der Waals surface area contributed by atoms with Gasteiger partial charge in [-0.3, -0.25) is 4.79 Å². The number of Topliss-reactive ketones (excluding diaryl/α,β-unsaturated/α-hetero) is 1. The van der Waals surface area contributed by atoms with Crippen molar-refractivity contribution in [2.45, 2.75) is 25.1 Å². The van der Waals surface area contributed by atoms with Crippen molar-refractivity contribution in [2.75, 3.05) is 0 Å². The summed E-state index contributed by atoms with van der Waals surface area (Å²) in [5.74, 6) is -0.219. The fourth-order valence-corrected chi connectivity index (χ4v) is 1.57. The van der Waals surface area contributed by atoms with Crippen molar-refractivity contribution in [2.24, 2.45) is 0 Å². The Bertz CT molecular complexity index is 329. The van der Waals surface area contributed by atoms with E-state index in [0.29, 0.717) is 12.0 Å². The second-order valence-electron chi connectivity index (χ2n) is 3.32. The molecule has 3 heteroatoms. The highest BCUT2D eigenvalue weighted by Crippen LogP contribution is 2.18. The third-order valence-electron chi connectivity index (χ3n) is 2.18. The zero-order valence-corrected chi connectivity index (χ0v) is 9.77. The maximum atomic E-state index is 13.3. The number of carbonyl (C=O) groups excluding carboxylic acids is 1. The van der Waals surface area contributed by atoms with Gasteiger partial charge in [-0.1, -0.05) is 28.1 Å². The molecule has 1 unspecified atom stereocenters. The number of benzene rings is 1. The van der Waals surface area contributed by atoms with Gasteiger partial charge < -0.3 is 0 Å². The van der Waals surface area contributed by atoms with Gasteiger partial charge in [-0.2, -0.15) is 0 Å². The molecule has 0 radical (unpaired) electrons. The first-order valence-corrected chi connectivity index (χ1v) is 5.32. The molecule has 76 valence electrons. The Labute approximate surface area is 91.5 Å². The van der Waals surface area contributed by atoms with E-state index < -0.39 is 0 Å². The molecule has 1 aromatic rings. The van der Waals surface area contributed by atoms with Crippen LogP contribution in [-0.4, -0.2) is 10.6 Å². The van der Waals surface area contributed by atoms with Crippen molar-refractivity contribution in [1.29, 1.82) is 0 Å². The van der Waals surface area contributed by atoms with Crippen LogP contribution in [0.2, 0.25) is 0 Å². The van der Waals surface area contributed by atoms with Gasteiger partial charge in [0.05, 0.1) is 4.83 Å². The van der Waals surface area contributed by atoms with Gasteiger partial charge in [0.25, 0.3) is 0 Å². The lowest BCUT2D eigenvalue weighted by molar-refractivity contribution is -0.116. The quantitative estimate of drug-likeness (QED) is 0.762. The van der Waals surface area contributed by atoms with Crippen molar-refractivity contribution in [3.8, 4) is 0 Å². The van der Waals surface area contributed by atoms with E-state index in [1.165, 1.54) is 13.0 Å². The van der Waals surface area contributed by atoms with Crippen LogP contribution in [0, 0.1) is 12.7 Å². The summed E-state index contributed by atoms with van der Waals surface area (Å²) >= 11 is 3.23. The summed E-state index contributed by atoms with van der Waals surface area (Å²) in [6.07, 6.45) is 0.411. The molecule has 0 aliphatic rings. The smallest absolute Gasteiger partial charge is 0.143 e. The number of hydrogen-bond acceptors (Lipinski definition) is 1. The van der Waals surface area contributed by atoms with Crippen molar-refractivity contribution in [3.63, 3.8) is 0 Å². The Balaban J connectivity index is 2.91. The van der Waals surface area contributed by atoms with Gasteiger partial charge in [-0.15, -0.1) is 0 Å². The second kappa shape index (κ2) is 4.69. The van der Waals surface area contributed by atoms with Crippen LogP contribution in [0.3, 0.4) is 0 Å². The molecule has 0 fully saturated rings. The molecule has 0 amide bonds. The summed E-state index contributed by atoms with van der Waals surface area (Å²) < 4.78 is 13.3. The highest BCUT2D eigenvalue weighted by Gasteiger charge is 2.14. The van der Waals surface area contributed by atoms with E-state index in [0.717, 1.165) is 5.56 Å². The summed E-state index contributed by atoms with van der Waals surface area (Å²) in [6.45, 7) is 3.34. The molecule has 1 aromatic carbocycles. The Morgan fingerprint density at radius 1 is 1.57 bits per heavy atom. The molecule has 0 saturated heterocycles. The maximum Gasteiger partial charge on any atom is 0.143 e. The fourth-order valence-electron chi connectivity index (χ4n) is 1.25. The number of ketones is 1. The average Bonchev–Trinajstić information content (AvgIpc) is 2.11. The monoisotopic (exact) mass is 258 g/mol. The molecule has 0 saturated carbocycles. The Morgan fingerprint density at radius 2 is 2.21 bits per heavy atom. The Morgan fingerprint density at radius 3 is 2.71 bits per heavy atom. The van der Waals surface area contributed by atoms with Crippen LogP contribution in [0.25, 0.3) is 0 Å². The highest BCUT2D eigenvalue weighted by atomic mass is 79.9. The van der Waals surface area contributed by atoms with Crippen LogP contribution < -0.4 is 0 Å². The van der Waals surface area contributed by atoms with E-state index >= 15 is 0 Å². The first-order chi connectivity index (χ1) is 6.52. The van der Waals surface area contributed by atoms with E-state index in [9.17, 15) is 9.18 Å². The molecule has 0 aromatic heterocycles. The minimum atomic E-state index is -0.293. The van der Waals surface area contributed by atoms with Crippen molar-refractivity contribution in [1.82, 2.24) is 0 Å². The second-order valence-corrected chi connectivity index (χ2v) is 4.42. The number of aryl methyl sites for hydroxylation is 1. The van der Waals surface area contributed by atoms with Gasteiger partial charge in [-0.05, 0) is 37.5 Å². The van der Waals surface area contributed by atoms with Gasteiger partial charge in [0.1, 0.15) is 11.6 Å². The number of alkyl halides is 1. The summed E-state index contributed by atoms with van der Waals surface area (Å²) in [5.41, 5.74) is 1.50. The lowest BCUT2D eigenvalue weighted by Crippen LogP contribution is -2.14. The molecule has 14 heavy (non-hydrogen) atoms. The number of carbonyl (C=O) groups is 1. The molecule has 0 bridgehead atoms. The van der Waals surface area contributed by atoms with Crippen LogP contribution >= 0.6 is 15.9 Å². The predicted molar refractivity (Wildman–Crippen MR) is 58.2 cm³/mol. The SMILES string of the molecule is CC(=O)C(Br)Cc1c(C)cccc1F. The highest BCUT2D eigenvalue weighted by molar-refractivity contribution is 9.10. The molecule has 0 N–H and O–H groups in total. The van der Waals surface area contributed by atoms with E-state index in [1.807, 2.05) is 13.0 Å². The van der Waals surface area contributed by atoms with Crippen LogP contribution in [-0.2, 0) is 11.2 Å². The minimum Gasteiger partial charge on any atom is -0.299 e. The summed E-state index contributed by atoms with van der Waals surface area (Å²) in [5, 5.41) is 0. The molecular weight excluding hydrogens is 247 g/mol. The number of halogens is 2. The minimum absolute atomic E-state index is 0.0210. The van der Waals surface area contributed by atoms with Gasteiger partial charge in [-0.25, -0.2) is 4.39 Å². The third kappa shape index (κ3) is 2.64. The molecule has 1 nitrogen and oxygen atoms in total. The molecular formula is C11H12BrFO. The van der Waals surface area contributed by atoms with Crippen molar-refractivity contribution >= 4 is 21.7 Å². The van der Waals surface area contributed by atoms with Crippen molar-refractivity contribution in [3.05, 3.63) is 35.1 Å². The van der Waals surface area contributed by atoms with Gasteiger partial charge in [0, 0.05) is 0 Å². The van der Waals surface area contributed by atoms with Crippen LogP contribution in [0.4, 0.5) is 4.39 Å². The third-order valence-corrected chi connectivity index (χ3v) is 3.15. The topological polar surface area (TPSA) is 17.1 Å². The summed E-state index contributed by atoms with van der Waals surface area (Å²) in [6, 6.07) is 4.94. The van der Waals surface area contributed by atoms with Crippen LogP contribution in [0.1, 0.15) is 18.1 Å². The maximum absolute atomic E-state index is 13.3. The largest absolute Gasteiger partial charge is 0.299 e. The van der Waals surface area contributed by atoms with Crippen LogP contribution in [0.5, 0.6) is 0 Å². The van der Waals surface area contributed by atoms with E-state index in [2.05, 4.69) is 15.9 Å².